The van der Waals surface area contributed by atoms with Gasteiger partial charge in [-0.15, -0.1) is 0 Å². The average molecular weight is 276 g/mol. The summed E-state index contributed by atoms with van der Waals surface area (Å²) in [6.07, 6.45) is 7.38. The first kappa shape index (κ1) is 13.2. The molecule has 1 aromatic heterocycles. The van der Waals surface area contributed by atoms with E-state index >= 15 is 0 Å². The molecule has 1 aliphatic heterocycles. The van der Waals surface area contributed by atoms with E-state index in [0.717, 1.165) is 31.2 Å². The fraction of sp³-hybridized carbons (Fsp3) is 0.600. The Balaban J connectivity index is 1.89. The summed E-state index contributed by atoms with van der Waals surface area (Å²) in [5.74, 6) is 0.0557. The van der Waals surface area contributed by atoms with Crippen LogP contribution in [0, 0.1) is 0 Å². The maximum absolute atomic E-state index is 12.9. The highest BCUT2D eigenvalue weighted by atomic mass is 16.3. The van der Waals surface area contributed by atoms with Gasteiger partial charge in [0.15, 0.2) is 0 Å². The number of rotatable bonds is 3. The van der Waals surface area contributed by atoms with E-state index in [1.807, 2.05) is 13.0 Å². The molecule has 0 aromatic carbocycles. The van der Waals surface area contributed by atoms with Crippen LogP contribution in [0.15, 0.2) is 23.0 Å². The Labute approximate surface area is 118 Å². The van der Waals surface area contributed by atoms with Crippen LogP contribution >= 0.6 is 0 Å². The van der Waals surface area contributed by atoms with Crippen LogP contribution in [0.2, 0.25) is 0 Å². The zero-order valence-electron chi connectivity index (χ0n) is 11.7. The van der Waals surface area contributed by atoms with E-state index in [-0.39, 0.29) is 17.9 Å². The molecule has 1 unspecified atom stereocenters. The SMILES string of the molecule is CCC1C(=O)NC2(CCCC2)C(=O)N1Cc1ccoc1. The largest absolute Gasteiger partial charge is 0.472 e. The molecule has 2 heterocycles. The maximum atomic E-state index is 12.9. The van der Waals surface area contributed by atoms with Gasteiger partial charge in [0.1, 0.15) is 11.6 Å². The molecule has 3 rings (SSSR count). The fourth-order valence-corrected chi connectivity index (χ4v) is 3.42. The van der Waals surface area contributed by atoms with Crippen molar-refractivity contribution in [3.8, 4) is 0 Å². The number of carbonyl (C=O) groups is 2. The molecule has 2 amide bonds. The number of nitrogens with zero attached hydrogens (tertiary/aromatic N) is 1. The number of carbonyl (C=O) groups excluding carboxylic acids is 2. The van der Waals surface area contributed by atoms with Crippen LogP contribution in [-0.4, -0.2) is 28.3 Å². The predicted octanol–water partition coefficient (Wildman–Crippen LogP) is 1.83. The quantitative estimate of drug-likeness (QED) is 0.916. The molecule has 5 nitrogen and oxygen atoms in total. The molecule has 1 saturated carbocycles. The van der Waals surface area contributed by atoms with Crippen molar-refractivity contribution >= 4 is 11.8 Å². The highest BCUT2D eigenvalue weighted by Crippen LogP contribution is 2.35. The second-order valence-electron chi connectivity index (χ2n) is 5.77. The molecule has 2 aliphatic rings. The van der Waals surface area contributed by atoms with Crippen LogP contribution in [-0.2, 0) is 16.1 Å². The van der Waals surface area contributed by atoms with Gasteiger partial charge in [-0.25, -0.2) is 0 Å². The number of hydrogen-bond acceptors (Lipinski definition) is 3. The average Bonchev–Trinajstić information content (AvgIpc) is 3.08. The van der Waals surface area contributed by atoms with E-state index in [4.69, 9.17) is 4.42 Å². The number of hydrogen-bond donors (Lipinski definition) is 1. The minimum Gasteiger partial charge on any atom is -0.472 e. The van der Waals surface area contributed by atoms with Gasteiger partial charge in [0.25, 0.3) is 0 Å². The van der Waals surface area contributed by atoms with Gasteiger partial charge >= 0.3 is 0 Å². The molecule has 1 aliphatic carbocycles. The Bertz CT molecular complexity index is 503. The summed E-state index contributed by atoms with van der Waals surface area (Å²) in [5.41, 5.74) is 0.284. The van der Waals surface area contributed by atoms with Gasteiger partial charge in [0.05, 0.1) is 12.5 Å². The Morgan fingerprint density at radius 3 is 2.75 bits per heavy atom. The Morgan fingerprint density at radius 2 is 2.15 bits per heavy atom. The highest BCUT2D eigenvalue weighted by Gasteiger charge is 2.51. The predicted molar refractivity (Wildman–Crippen MR) is 72.7 cm³/mol. The van der Waals surface area contributed by atoms with Crippen LogP contribution in [0.25, 0.3) is 0 Å². The van der Waals surface area contributed by atoms with E-state index in [2.05, 4.69) is 5.32 Å². The van der Waals surface area contributed by atoms with Crippen molar-refractivity contribution in [2.75, 3.05) is 0 Å². The minimum absolute atomic E-state index is 0.0162. The standard InChI is InChI=1S/C15H20N2O3/c1-2-12-13(18)16-15(6-3-4-7-15)14(19)17(12)9-11-5-8-20-10-11/h5,8,10,12H,2-4,6-7,9H2,1H3,(H,16,18). The summed E-state index contributed by atoms with van der Waals surface area (Å²) in [7, 11) is 0. The third kappa shape index (κ3) is 2.01. The summed E-state index contributed by atoms with van der Waals surface area (Å²) in [5, 5.41) is 3.00. The van der Waals surface area contributed by atoms with Crippen LogP contribution in [0.5, 0.6) is 0 Å². The van der Waals surface area contributed by atoms with E-state index in [1.165, 1.54) is 0 Å². The second-order valence-corrected chi connectivity index (χ2v) is 5.77. The van der Waals surface area contributed by atoms with Crippen molar-refractivity contribution in [2.24, 2.45) is 0 Å². The Morgan fingerprint density at radius 1 is 1.40 bits per heavy atom. The molecule has 108 valence electrons. The van der Waals surface area contributed by atoms with Crippen molar-refractivity contribution in [1.29, 1.82) is 0 Å². The lowest BCUT2D eigenvalue weighted by Crippen LogP contribution is -2.69. The first-order valence-corrected chi connectivity index (χ1v) is 7.30. The zero-order valence-corrected chi connectivity index (χ0v) is 11.7. The zero-order chi connectivity index (χ0) is 14.2. The molecule has 1 atom stereocenters. The second kappa shape index (κ2) is 4.96. The molecule has 20 heavy (non-hydrogen) atoms. The van der Waals surface area contributed by atoms with E-state index in [0.29, 0.717) is 13.0 Å². The van der Waals surface area contributed by atoms with Gasteiger partial charge in [-0.3, -0.25) is 9.59 Å². The molecule has 1 aromatic rings. The third-order valence-electron chi connectivity index (χ3n) is 4.49. The molecule has 5 heteroatoms. The van der Waals surface area contributed by atoms with Gasteiger partial charge in [0, 0.05) is 12.1 Å². The molecule has 2 fully saturated rings. The summed E-state index contributed by atoms with van der Waals surface area (Å²) in [4.78, 5) is 26.9. The maximum Gasteiger partial charge on any atom is 0.249 e. The molecular weight excluding hydrogens is 256 g/mol. The van der Waals surface area contributed by atoms with E-state index in [1.54, 1.807) is 17.4 Å². The van der Waals surface area contributed by atoms with Crippen molar-refractivity contribution in [1.82, 2.24) is 10.2 Å². The lowest BCUT2D eigenvalue weighted by molar-refractivity contribution is -0.155. The van der Waals surface area contributed by atoms with Crippen molar-refractivity contribution in [3.05, 3.63) is 24.2 Å². The van der Waals surface area contributed by atoms with Crippen LogP contribution in [0.4, 0.5) is 0 Å². The van der Waals surface area contributed by atoms with Gasteiger partial charge in [0.2, 0.25) is 11.8 Å². The first-order chi connectivity index (χ1) is 9.66. The topological polar surface area (TPSA) is 62.6 Å². The smallest absolute Gasteiger partial charge is 0.249 e. The summed E-state index contributed by atoms with van der Waals surface area (Å²) in [6.45, 7) is 2.38. The summed E-state index contributed by atoms with van der Waals surface area (Å²) >= 11 is 0. The highest BCUT2D eigenvalue weighted by molar-refractivity contribution is 6.00. The Hall–Kier alpha value is -1.78. The molecule has 0 bridgehead atoms. The number of piperazine rings is 1. The first-order valence-electron chi connectivity index (χ1n) is 7.30. The van der Waals surface area contributed by atoms with Crippen LogP contribution < -0.4 is 5.32 Å². The van der Waals surface area contributed by atoms with Crippen molar-refractivity contribution in [2.45, 2.75) is 57.2 Å². The lowest BCUT2D eigenvalue weighted by Gasteiger charge is -2.44. The molecule has 1 spiro atoms. The molecular formula is C15H20N2O3. The van der Waals surface area contributed by atoms with Crippen molar-refractivity contribution in [3.63, 3.8) is 0 Å². The normalized spacial score (nSPS) is 25.2. The number of furan rings is 1. The summed E-state index contributed by atoms with van der Waals surface area (Å²) in [6, 6.07) is 1.47. The fourth-order valence-electron chi connectivity index (χ4n) is 3.42. The minimum atomic E-state index is -0.646. The van der Waals surface area contributed by atoms with Gasteiger partial charge in [-0.1, -0.05) is 19.8 Å². The van der Waals surface area contributed by atoms with E-state index in [9.17, 15) is 9.59 Å². The third-order valence-corrected chi connectivity index (χ3v) is 4.49. The van der Waals surface area contributed by atoms with Crippen molar-refractivity contribution < 1.29 is 14.0 Å². The lowest BCUT2D eigenvalue weighted by atomic mass is 9.90. The monoisotopic (exact) mass is 276 g/mol. The molecule has 1 N–H and O–H groups in total. The van der Waals surface area contributed by atoms with Gasteiger partial charge in [-0.2, -0.15) is 0 Å². The van der Waals surface area contributed by atoms with E-state index < -0.39 is 5.54 Å². The van der Waals surface area contributed by atoms with Crippen LogP contribution in [0.3, 0.4) is 0 Å². The number of amides is 2. The summed E-state index contributed by atoms with van der Waals surface area (Å²) < 4.78 is 5.07. The molecule has 0 radical (unpaired) electrons. The van der Waals surface area contributed by atoms with Crippen LogP contribution in [0.1, 0.15) is 44.6 Å². The van der Waals surface area contributed by atoms with Gasteiger partial charge in [-0.05, 0) is 25.3 Å². The van der Waals surface area contributed by atoms with Gasteiger partial charge < -0.3 is 14.6 Å². The molecule has 1 saturated heterocycles. The Kier molecular flexibility index (Phi) is 3.28. The number of nitrogens with one attached hydrogen (secondary N) is 1.